The van der Waals surface area contributed by atoms with Crippen molar-refractivity contribution < 1.29 is 24.2 Å². The van der Waals surface area contributed by atoms with Gasteiger partial charge >= 0.3 is 5.97 Å². The molecule has 4 rings (SSSR count). The summed E-state index contributed by atoms with van der Waals surface area (Å²) in [7, 11) is 1.33. The summed E-state index contributed by atoms with van der Waals surface area (Å²) in [6.45, 7) is 8.40. The van der Waals surface area contributed by atoms with Gasteiger partial charge in [-0.3, -0.25) is 9.59 Å². The monoisotopic (exact) mass is 576 g/mol. The van der Waals surface area contributed by atoms with Crippen molar-refractivity contribution in [1.82, 2.24) is 10.2 Å². The molecular formula is C33H37ClN2O5. The van der Waals surface area contributed by atoms with Crippen molar-refractivity contribution in [1.29, 1.82) is 0 Å². The first kappa shape index (κ1) is 30.3. The van der Waals surface area contributed by atoms with E-state index in [1.807, 2.05) is 45.9 Å². The maximum atomic E-state index is 13.8. The fourth-order valence-corrected chi connectivity index (χ4v) is 5.59. The van der Waals surface area contributed by atoms with Crippen LogP contribution in [0.15, 0.2) is 72.8 Å². The van der Waals surface area contributed by atoms with Gasteiger partial charge in [0.2, 0.25) is 5.91 Å². The molecule has 0 aromatic heterocycles. The molecule has 41 heavy (non-hydrogen) atoms. The Morgan fingerprint density at radius 2 is 1.61 bits per heavy atom. The molecule has 0 unspecified atom stereocenters. The molecule has 3 aromatic rings. The van der Waals surface area contributed by atoms with Gasteiger partial charge < -0.3 is 20.1 Å². The van der Waals surface area contributed by atoms with Gasteiger partial charge in [0.05, 0.1) is 18.3 Å². The van der Waals surface area contributed by atoms with Crippen LogP contribution in [-0.2, 0) is 15.1 Å². The second-order valence-electron chi connectivity index (χ2n) is 11.6. The quantitative estimate of drug-likeness (QED) is 0.352. The zero-order valence-corrected chi connectivity index (χ0v) is 24.9. The number of ether oxygens (including phenoxy) is 1. The Labute approximate surface area is 246 Å². The Bertz CT molecular complexity index is 1420. The summed E-state index contributed by atoms with van der Waals surface area (Å²) in [6, 6.07) is 20.6. The van der Waals surface area contributed by atoms with Crippen LogP contribution in [0.1, 0.15) is 60.4 Å². The number of methoxy groups -OCH3 is 1. The maximum absolute atomic E-state index is 13.8. The highest BCUT2D eigenvalue weighted by Crippen LogP contribution is 2.46. The third-order valence-electron chi connectivity index (χ3n) is 8.07. The number of esters is 1. The van der Waals surface area contributed by atoms with E-state index in [0.717, 1.165) is 16.7 Å². The van der Waals surface area contributed by atoms with Crippen LogP contribution in [-0.4, -0.2) is 54.0 Å². The average molecular weight is 577 g/mol. The minimum absolute atomic E-state index is 0.152. The fourth-order valence-electron chi connectivity index (χ4n) is 5.46. The van der Waals surface area contributed by atoms with Crippen LogP contribution in [0.2, 0.25) is 5.02 Å². The highest BCUT2D eigenvalue weighted by Gasteiger charge is 2.50. The van der Waals surface area contributed by atoms with Gasteiger partial charge in [0.25, 0.3) is 5.91 Å². The number of likely N-dealkylation sites (tertiary alicyclic amines) is 1. The van der Waals surface area contributed by atoms with E-state index in [0.29, 0.717) is 35.7 Å². The second-order valence-corrected chi connectivity index (χ2v) is 12.0. The van der Waals surface area contributed by atoms with E-state index in [1.165, 1.54) is 7.11 Å². The number of hydrogen-bond donors (Lipinski definition) is 2. The van der Waals surface area contributed by atoms with E-state index in [2.05, 4.69) is 5.32 Å². The Morgan fingerprint density at radius 3 is 2.20 bits per heavy atom. The molecule has 0 spiro atoms. The average Bonchev–Trinajstić information content (AvgIpc) is 2.96. The van der Waals surface area contributed by atoms with Crippen molar-refractivity contribution in [3.8, 4) is 11.1 Å². The van der Waals surface area contributed by atoms with Crippen molar-refractivity contribution in [2.24, 2.45) is 11.3 Å². The molecule has 7 nitrogen and oxygen atoms in total. The molecule has 2 atom stereocenters. The number of nitrogens with one attached hydrogen (secondary N) is 1. The predicted molar refractivity (Wildman–Crippen MR) is 160 cm³/mol. The Morgan fingerprint density at radius 1 is 0.951 bits per heavy atom. The lowest BCUT2D eigenvalue weighted by Crippen LogP contribution is -2.60. The standard InChI is InChI=1S/C33H37ClN2O5/c1-21(2)28(30(38)36-18-17-33(40,32(3,4)20-36)26-13-15-27(34)16-14-26)35-29(37)25-8-6-7-24(19-25)22-9-11-23(12-10-22)31(39)41-5/h6-16,19,21,28,40H,17-18,20H2,1-5H3,(H,35,37)/t28-,33+/m1/s1. The van der Waals surface area contributed by atoms with E-state index in [1.54, 1.807) is 59.5 Å². The zero-order chi connectivity index (χ0) is 29.9. The van der Waals surface area contributed by atoms with Gasteiger partial charge in [-0.2, -0.15) is 0 Å². The highest BCUT2D eigenvalue weighted by molar-refractivity contribution is 6.30. The lowest BCUT2D eigenvalue weighted by Gasteiger charge is -2.51. The minimum Gasteiger partial charge on any atom is -0.465 e. The molecule has 1 fully saturated rings. The zero-order valence-electron chi connectivity index (χ0n) is 24.1. The van der Waals surface area contributed by atoms with Gasteiger partial charge in [-0.15, -0.1) is 0 Å². The number of halogens is 1. The third kappa shape index (κ3) is 6.31. The van der Waals surface area contributed by atoms with Crippen molar-refractivity contribution in [3.63, 3.8) is 0 Å². The van der Waals surface area contributed by atoms with Crippen molar-refractivity contribution in [2.75, 3.05) is 20.2 Å². The van der Waals surface area contributed by atoms with Crippen LogP contribution in [0.4, 0.5) is 0 Å². The van der Waals surface area contributed by atoms with Crippen molar-refractivity contribution in [3.05, 3.63) is 94.5 Å². The number of aliphatic hydroxyl groups is 1. The van der Waals surface area contributed by atoms with Crippen LogP contribution in [0.3, 0.4) is 0 Å². The molecule has 1 aliphatic heterocycles. The van der Waals surface area contributed by atoms with E-state index in [4.69, 9.17) is 16.3 Å². The summed E-state index contributed by atoms with van der Waals surface area (Å²) in [5, 5.41) is 15.3. The molecule has 0 saturated carbocycles. The largest absolute Gasteiger partial charge is 0.465 e. The lowest BCUT2D eigenvalue weighted by molar-refractivity contribution is -0.155. The normalized spacial score (nSPS) is 19.0. The molecule has 3 aromatic carbocycles. The van der Waals surface area contributed by atoms with Gasteiger partial charge in [0.1, 0.15) is 6.04 Å². The molecule has 1 heterocycles. The summed E-state index contributed by atoms with van der Waals surface area (Å²) in [5.74, 6) is -1.09. The fraction of sp³-hybridized carbons (Fsp3) is 0.364. The van der Waals surface area contributed by atoms with Gasteiger partial charge in [-0.1, -0.05) is 75.7 Å². The third-order valence-corrected chi connectivity index (χ3v) is 8.32. The molecule has 0 bridgehead atoms. The number of amides is 2. The van der Waals surface area contributed by atoms with E-state index >= 15 is 0 Å². The Hall–Kier alpha value is -3.68. The van der Waals surface area contributed by atoms with E-state index in [9.17, 15) is 19.5 Å². The summed E-state index contributed by atoms with van der Waals surface area (Å²) < 4.78 is 4.76. The number of piperidine rings is 1. The molecular weight excluding hydrogens is 540 g/mol. The van der Waals surface area contributed by atoms with Crippen LogP contribution in [0, 0.1) is 11.3 Å². The Balaban J connectivity index is 1.49. The molecule has 8 heteroatoms. The van der Waals surface area contributed by atoms with E-state index in [-0.39, 0.29) is 17.7 Å². The number of rotatable bonds is 7. The number of carbonyl (C=O) groups is 3. The molecule has 1 aliphatic rings. The summed E-state index contributed by atoms with van der Waals surface area (Å²) >= 11 is 6.06. The van der Waals surface area contributed by atoms with Crippen molar-refractivity contribution >= 4 is 29.4 Å². The number of nitrogens with zero attached hydrogens (tertiary/aromatic N) is 1. The van der Waals surface area contributed by atoms with Gasteiger partial charge in [-0.05, 0) is 65.4 Å². The molecule has 0 aliphatic carbocycles. The molecule has 2 N–H and O–H groups in total. The highest BCUT2D eigenvalue weighted by atomic mass is 35.5. The van der Waals surface area contributed by atoms with Gasteiger partial charge in [0.15, 0.2) is 0 Å². The minimum atomic E-state index is -1.12. The van der Waals surface area contributed by atoms with E-state index < -0.39 is 23.0 Å². The topological polar surface area (TPSA) is 95.9 Å². The number of carbonyl (C=O) groups excluding carboxylic acids is 3. The summed E-state index contributed by atoms with van der Waals surface area (Å²) in [5.41, 5.74) is 1.52. The number of hydrogen-bond acceptors (Lipinski definition) is 5. The predicted octanol–water partition coefficient (Wildman–Crippen LogP) is 5.69. The molecule has 2 amide bonds. The van der Waals surface area contributed by atoms with Gasteiger partial charge in [0, 0.05) is 29.1 Å². The van der Waals surface area contributed by atoms with Crippen LogP contribution in [0.5, 0.6) is 0 Å². The summed E-state index contributed by atoms with van der Waals surface area (Å²) in [6.07, 6.45) is 0.364. The summed E-state index contributed by atoms with van der Waals surface area (Å²) in [4.78, 5) is 40.6. The van der Waals surface area contributed by atoms with Gasteiger partial charge in [-0.25, -0.2) is 4.79 Å². The maximum Gasteiger partial charge on any atom is 0.337 e. The molecule has 216 valence electrons. The molecule has 0 radical (unpaired) electrons. The Kier molecular flexibility index (Phi) is 8.90. The first-order valence-corrected chi connectivity index (χ1v) is 14.1. The number of benzene rings is 3. The lowest BCUT2D eigenvalue weighted by atomic mass is 9.66. The van der Waals surface area contributed by atoms with Crippen molar-refractivity contribution in [2.45, 2.75) is 45.8 Å². The first-order chi connectivity index (χ1) is 19.4. The first-order valence-electron chi connectivity index (χ1n) is 13.7. The van der Waals surface area contributed by atoms with Crippen LogP contribution in [0.25, 0.3) is 11.1 Å². The SMILES string of the molecule is COC(=O)c1ccc(-c2cccc(C(=O)N[C@@H](C(=O)N3CC[C@](O)(c4ccc(Cl)cc4)C(C)(C)C3)C(C)C)c2)cc1. The van der Waals surface area contributed by atoms with Crippen LogP contribution < -0.4 is 5.32 Å². The second kappa shape index (κ2) is 12.0. The smallest absolute Gasteiger partial charge is 0.337 e. The van der Waals surface area contributed by atoms with Crippen LogP contribution >= 0.6 is 11.6 Å². The molecule has 1 saturated heterocycles.